The Labute approximate surface area is 117 Å². The van der Waals surface area contributed by atoms with E-state index in [0.29, 0.717) is 31.3 Å². The summed E-state index contributed by atoms with van der Waals surface area (Å²) in [5, 5.41) is 2.70. The van der Waals surface area contributed by atoms with Crippen molar-refractivity contribution in [3.63, 3.8) is 0 Å². The highest BCUT2D eigenvalue weighted by molar-refractivity contribution is 5.93. The van der Waals surface area contributed by atoms with Crippen LogP contribution in [0.15, 0.2) is 29.5 Å². The molecule has 1 amide bonds. The molecular weight excluding hydrogens is 258 g/mol. The minimum absolute atomic E-state index is 0.00747. The van der Waals surface area contributed by atoms with E-state index in [0.717, 1.165) is 0 Å². The van der Waals surface area contributed by atoms with E-state index in [1.807, 2.05) is 11.8 Å². The fourth-order valence-electron chi connectivity index (χ4n) is 1.92. The first kappa shape index (κ1) is 14.3. The molecule has 1 unspecified atom stereocenters. The van der Waals surface area contributed by atoms with Gasteiger partial charge in [-0.2, -0.15) is 0 Å². The number of hydrogen-bond acceptors (Lipinski definition) is 4. The highest BCUT2D eigenvalue weighted by atomic mass is 16.5. The van der Waals surface area contributed by atoms with E-state index >= 15 is 0 Å². The number of rotatable bonds is 3. The summed E-state index contributed by atoms with van der Waals surface area (Å²) in [5.74, 6) is 0.156. The van der Waals surface area contributed by atoms with Gasteiger partial charge >= 0.3 is 0 Å². The zero-order valence-electron chi connectivity index (χ0n) is 11.5. The standard InChI is InChI=1S/C13H19N5O2/c1-10-9-18(5-6-20-10)13(14)16-8-12(19)17-11-3-2-4-15-7-11/h2-4,7,10H,5-6,8-9H2,1H3,(H2,14,16)(H,17,19). The van der Waals surface area contributed by atoms with E-state index in [1.54, 1.807) is 24.5 Å². The molecule has 1 aliphatic heterocycles. The lowest BCUT2D eigenvalue weighted by molar-refractivity contribution is -0.114. The maximum absolute atomic E-state index is 11.7. The Morgan fingerprint density at radius 1 is 1.70 bits per heavy atom. The number of pyridine rings is 1. The molecule has 108 valence electrons. The molecule has 1 fully saturated rings. The summed E-state index contributed by atoms with van der Waals surface area (Å²) in [6, 6.07) is 3.52. The van der Waals surface area contributed by atoms with E-state index in [2.05, 4.69) is 15.3 Å². The number of carbonyl (C=O) groups excluding carboxylic acids is 1. The van der Waals surface area contributed by atoms with Gasteiger partial charge in [0.2, 0.25) is 5.91 Å². The molecule has 2 heterocycles. The first-order chi connectivity index (χ1) is 9.65. The number of hydrogen-bond donors (Lipinski definition) is 2. The van der Waals surface area contributed by atoms with Gasteiger partial charge in [0.15, 0.2) is 5.96 Å². The molecule has 1 aliphatic rings. The van der Waals surface area contributed by atoms with E-state index in [4.69, 9.17) is 10.5 Å². The van der Waals surface area contributed by atoms with Gasteiger partial charge in [-0.3, -0.25) is 9.78 Å². The zero-order valence-corrected chi connectivity index (χ0v) is 11.5. The Hall–Kier alpha value is -2.15. The van der Waals surface area contributed by atoms with Crippen LogP contribution in [0.3, 0.4) is 0 Å². The Balaban J connectivity index is 1.83. The third-order valence-electron chi connectivity index (χ3n) is 2.90. The summed E-state index contributed by atoms with van der Waals surface area (Å²) in [4.78, 5) is 21.7. The number of aliphatic imine (C=N–C) groups is 1. The minimum atomic E-state index is -0.220. The summed E-state index contributed by atoms with van der Waals surface area (Å²) in [6.07, 6.45) is 3.35. The SMILES string of the molecule is CC1CN(C(N)=NCC(=O)Nc2cccnc2)CCO1. The Kier molecular flexibility index (Phi) is 4.89. The van der Waals surface area contributed by atoms with Crippen LogP contribution in [0.5, 0.6) is 0 Å². The van der Waals surface area contributed by atoms with Crippen molar-refractivity contribution in [2.24, 2.45) is 10.7 Å². The van der Waals surface area contributed by atoms with Crippen molar-refractivity contribution in [1.82, 2.24) is 9.88 Å². The van der Waals surface area contributed by atoms with Crippen LogP contribution >= 0.6 is 0 Å². The van der Waals surface area contributed by atoms with Gasteiger partial charge in [-0.1, -0.05) is 0 Å². The third-order valence-corrected chi connectivity index (χ3v) is 2.90. The van der Waals surface area contributed by atoms with Crippen LogP contribution < -0.4 is 11.1 Å². The molecule has 0 bridgehead atoms. The summed E-state index contributed by atoms with van der Waals surface area (Å²) in [5.41, 5.74) is 6.53. The number of aromatic nitrogens is 1. The van der Waals surface area contributed by atoms with Gasteiger partial charge in [-0.15, -0.1) is 0 Å². The molecule has 1 aromatic rings. The molecule has 7 heteroatoms. The fourth-order valence-corrected chi connectivity index (χ4v) is 1.92. The highest BCUT2D eigenvalue weighted by Gasteiger charge is 2.18. The first-order valence-corrected chi connectivity index (χ1v) is 6.51. The quantitative estimate of drug-likeness (QED) is 0.602. The monoisotopic (exact) mass is 277 g/mol. The maximum Gasteiger partial charge on any atom is 0.246 e. The lowest BCUT2D eigenvalue weighted by Crippen LogP contribution is -2.48. The summed E-state index contributed by atoms with van der Waals surface area (Å²) in [7, 11) is 0. The fraction of sp³-hybridized carbons (Fsp3) is 0.462. The molecule has 0 radical (unpaired) electrons. The van der Waals surface area contributed by atoms with Crippen LogP contribution in [0.1, 0.15) is 6.92 Å². The first-order valence-electron chi connectivity index (χ1n) is 6.51. The Bertz CT molecular complexity index is 477. The lowest BCUT2D eigenvalue weighted by Gasteiger charge is -2.31. The molecule has 3 N–H and O–H groups in total. The van der Waals surface area contributed by atoms with Crippen molar-refractivity contribution in [3.8, 4) is 0 Å². The number of nitrogens with two attached hydrogens (primary N) is 1. The molecule has 0 saturated carbocycles. The van der Waals surface area contributed by atoms with Crippen LogP contribution in [0, 0.1) is 0 Å². The summed E-state index contributed by atoms with van der Waals surface area (Å²) < 4.78 is 5.42. The Morgan fingerprint density at radius 3 is 3.25 bits per heavy atom. The number of carbonyl (C=O) groups is 1. The van der Waals surface area contributed by atoms with Gasteiger partial charge in [0.25, 0.3) is 0 Å². The van der Waals surface area contributed by atoms with Crippen LogP contribution in [-0.2, 0) is 9.53 Å². The molecule has 2 rings (SSSR count). The molecule has 0 aliphatic carbocycles. The number of guanidine groups is 1. The number of amides is 1. The molecule has 7 nitrogen and oxygen atoms in total. The molecule has 0 aromatic carbocycles. The topological polar surface area (TPSA) is 92.8 Å². The van der Waals surface area contributed by atoms with Crippen molar-refractivity contribution < 1.29 is 9.53 Å². The van der Waals surface area contributed by atoms with E-state index in [-0.39, 0.29) is 18.6 Å². The number of nitrogens with zero attached hydrogens (tertiary/aromatic N) is 3. The van der Waals surface area contributed by atoms with Crippen molar-refractivity contribution in [3.05, 3.63) is 24.5 Å². The molecule has 1 atom stereocenters. The average Bonchev–Trinajstić information content (AvgIpc) is 2.46. The Morgan fingerprint density at radius 2 is 2.55 bits per heavy atom. The third kappa shape index (κ3) is 4.20. The van der Waals surface area contributed by atoms with Gasteiger partial charge in [-0.05, 0) is 19.1 Å². The van der Waals surface area contributed by atoms with Crippen molar-refractivity contribution in [2.75, 3.05) is 31.6 Å². The lowest BCUT2D eigenvalue weighted by atomic mass is 10.3. The van der Waals surface area contributed by atoms with Crippen LogP contribution in [-0.4, -0.2) is 54.1 Å². The average molecular weight is 277 g/mol. The van der Waals surface area contributed by atoms with Crippen LogP contribution in [0.2, 0.25) is 0 Å². The van der Waals surface area contributed by atoms with Gasteiger partial charge in [0, 0.05) is 19.3 Å². The van der Waals surface area contributed by atoms with Crippen molar-refractivity contribution >= 4 is 17.6 Å². The van der Waals surface area contributed by atoms with Gasteiger partial charge in [0.1, 0.15) is 6.54 Å². The number of morpholine rings is 1. The smallest absolute Gasteiger partial charge is 0.246 e. The van der Waals surface area contributed by atoms with Crippen LogP contribution in [0.4, 0.5) is 5.69 Å². The van der Waals surface area contributed by atoms with Crippen LogP contribution in [0.25, 0.3) is 0 Å². The molecule has 20 heavy (non-hydrogen) atoms. The van der Waals surface area contributed by atoms with E-state index in [1.165, 1.54) is 0 Å². The van der Waals surface area contributed by atoms with Gasteiger partial charge in [0.05, 0.1) is 24.6 Å². The zero-order chi connectivity index (χ0) is 14.4. The second-order valence-electron chi connectivity index (χ2n) is 4.59. The van der Waals surface area contributed by atoms with Crippen molar-refractivity contribution in [2.45, 2.75) is 13.0 Å². The largest absolute Gasteiger partial charge is 0.375 e. The maximum atomic E-state index is 11.7. The predicted octanol–water partition coefficient (Wildman–Crippen LogP) is 0.0555. The van der Waals surface area contributed by atoms with Gasteiger partial charge < -0.3 is 20.7 Å². The molecular formula is C13H19N5O2. The van der Waals surface area contributed by atoms with E-state index < -0.39 is 0 Å². The minimum Gasteiger partial charge on any atom is -0.375 e. The summed E-state index contributed by atoms with van der Waals surface area (Å²) >= 11 is 0. The highest BCUT2D eigenvalue weighted by Crippen LogP contribution is 2.04. The van der Waals surface area contributed by atoms with E-state index in [9.17, 15) is 4.79 Å². The predicted molar refractivity (Wildman–Crippen MR) is 76.3 cm³/mol. The number of anilines is 1. The number of nitrogens with one attached hydrogen (secondary N) is 1. The normalized spacial score (nSPS) is 19.8. The molecule has 1 aromatic heterocycles. The summed E-state index contributed by atoms with van der Waals surface area (Å²) in [6.45, 7) is 3.99. The second-order valence-corrected chi connectivity index (χ2v) is 4.59. The van der Waals surface area contributed by atoms with Gasteiger partial charge in [-0.25, -0.2) is 4.99 Å². The number of ether oxygens (including phenoxy) is 1. The van der Waals surface area contributed by atoms with Crippen molar-refractivity contribution in [1.29, 1.82) is 0 Å². The molecule has 1 saturated heterocycles. The molecule has 0 spiro atoms. The second kappa shape index (κ2) is 6.85.